The first-order valence-corrected chi connectivity index (χ1v) is 10.0. The van der Waals surface area contributed by atoms with Gasteiger partial charge in [0.15, 0.2) is 0 Å². The van der Waals surface area contributed by atoms with Gasteiger partial charge in [0.25, 0.3) is 0 Å². The molecule has 0 unspecified atom stereocenters. The van der Waals surface area contributed by atoms with E-state index in [1.165, 1.54) is 69.8 Å². The fraction of sp³-hybridized carbons (Fsp3) is 0.682. The van der Waals surface area contributed by atoms with Gasteiger partial charge in [0.1, 0.15) is 0 Å². The van der Waals surface area contributed by atoms with Crippen LogP contribution in [0.2, 0.25) is 0 Å². The first-order chi connectivity index (χ1) is 11.8. The van der Waals surface area contributed by atoms with Crippen LogP contribution in [-0.4, -0.2) is 12.6 Å². The number of hydrogen-bond acceptors (Lipinski definition) is 2. The third-order valence-corrected chi connectivity index (χ3v) is 4.47. The Morgan fingerprint density at radius 3 is 1.92 bits per heavy atom. The number of hydrogen-bond donors (Lipinski definition) is 0. The lowest BCUT2D eigenvalue weighted by Gasteiger charge is -2.05. The average Bonchev–Trinajstić information content (AvgIpc) is 2.62. The first kappa shape index (κ1) is 20.7. The van der Waals surface area contributed by atoms with Gasteiger partial charge in [0.05, 0.1) is 6.61 Å². The molecule has 0 spiro atoms. The molecule has 0 saturated heterocycles. The maximum atomic E-state index is 11.7. The van der Waals surface area contributed by atoms with Gasteiger partial charge in [-0.3, -0.25) is 4.79 Å². The Labute approximate surface area is 149 Å². The van der Waals surface area contributed by atoms with E-state index in [0.717, 1.165) is 12.8 Å². The molecule has 0 aromatic heterocycles. The van der Waals surface area contributed by atoms with Crippen LogP contribution < -0.4 is 0 Å². The summed E-state index contributed by atoms with van der Waals surface area (Å²) in [6.45, 7) is 2.85. The molecule has 0 aliphatic rings. The van der Waals surface area contributed by atoms with Crippen LogP contribution in [0.4, 0.5) is 0 Å². The zero-order valence-electron chi connectivity index (χ0n) is 15.6. The summed E-state index contributed by atoms with van der Waals surface area (Å²) < 4.78 is 5.31. The Balaban J connectivity index is 1.82. The molecular formula is C22H36O2. The van der Waals surface area contributed by atoms with E-state index in [1.807, 2.05) is 18.2 Å². The van der Waals surface area contributed by atoms with Crippen molar-refractivity contribution in [3.63, 3.8) is 0 Å². The van der Waals surface area contributed by atoms with Crippen molar-refractivity contribution in [2.45, 2.75) is 90.4 Å². The van der Waals surface area contributed by atoms with Gasteiger partial charge in [-0.15, -0.1) is 0 Å². The fourth-order valence-electron chi connectivity index (χ4n) is 2.92. The summed E-state index contributed by atoms with van der Waals surface area (Å²) in [4.78, 5) is 11.7. The topological polar surface area (TPSA) is 26.3 Å². The Morgan fingerprint density at radius 1 is 0.792 bits per heavy atom. The van der Waals surface area contributed by atoms with Crippen LogP contribution in [0.25, 0.3) is 0 Å². The minimum atomic E-state index is -0.0640. The predicted molar refractivity (Wildman–Crippen MR) is 102 cm³/mol. The average molecular weight is 333 g/mol. The molecule has 1 aromatic rings. The third-order valence-electron chi connectivity index (χ3n) is 4.47. The SMILES string of the molecule is CCCCCCCCCCCCCOC(=O)CCc1ccccc1. The number of esters is 1. The molecule has 0 atom stereocenters. The highest BCUT2D eigenvalue weighted by atomic mass is 16.5. The van der Waals surface area contributed by atoms with E-state index in [4.69, 9.17) is 4.74 Å². The molecule has 0 radical (unpaired) electrons. The molecule has 136 valence electrons. The van der Waals surface area contributed by atoms with Crippen molar-refractivity contribution in [2.24, 2.45) is 0 Å². The maximum absolute atomic E-state index is 11.7. The molecule has 0 aliphatic heterocycles. The van der Waals surface area contributed by atoms with Gasteiger partial charge in [-0.25, -0.2) is 0 Å². The molecule has 0 N–H and O–H groups in total. The van der Waals surface area contributed by atoms with Crippen molar-refractivity contribution < 1.29 is 9.53 Å². The second-order valence-corrected chi connectivity index (χ2v) is 6.74. The highest BCUT2D eigenvalue weighted by Crippen LogP contribution is 2.11. The molecule has 0 fully saturated rings. The fourth-order valence-corrected chi connectivity index (χ4v) is 2.92. The van der Waals surface area contributed by atoms with Gasteiger partial charge in [-0.1, -0.05) is 101 Å². The number of aryl methyl sites for hydroxylation is 1. The molecule has 1 aromatic carbocycles. The standard InChI is InChI=1S/C22H36O2/c1-2-3-4-5-6-7-8-9-10-11-15-20-24-22(23)19-18-21-16-13-12-14-17-21/h12-14,16-17H,2-11,15,18-20H2,1H3. The maximum Gasteiger partial charge on any atom is 0.306 e. The summed E-state index contributed by atoms with van der Waals surface area (Å²) in [6.07, 6.45) is 15.8. The lowest BCUT2D eigenvalue weighted by Crippen LogP contribution is -2.07. The van der Waals surface area contributed by atoms with E-state index in [0.29, 0.717) is 13.0 Å². The highest BCUT2D eigenvalue weighted by molar-refractivity contribution is 5.69. The monoisotopic (exact) mass is 332 g/mol. The van der Waals surface area contributed by atoms with Gasteiger partial charge in [0.2, 0.25) is 0 Å². The quantitative estimate of drug-likeness (QED) is 0.271. The molecule has 0 amide bonds. The van der Waals surface area contributed by atoms with E-state index in [1.54, 1.807) is 0 Å². The molecular weight excluding hydrogens is 296 g/mol. The van der Waals surface area contributed by atoms with Crippen LogP contribution in [0, 0.1) is 0 Å². The van der Waals surface area contributed by atoms with Crippen molar-refractivity contribution in [3.8, 4) is 0 Å². The Bertz CT molecular complexity index is 400. The van der Waals surface area contributed by atoms with Crippen molar-refractivity contribution in [1.82, 2.24) is 0 Å². The van der Waals surface area contributed by atoms with E-state index >= 15 is 0 Å². The Kier molecular flexibility index (Phi) is 13.2. The van der Waals surface area contributed by atoms with Gasteiger partial charge in [-0.05, 0) is 18.4 Å². The van der Waals surface area contributed by atoms with Gasteiger partial charge < -0.3 is 4.74 Å². The van der Waals surface area contributed by atoms with E-state index in [9.17, 15) is 4.79 Å². The Morgan fingerprint density at radius 2 is 1.33 bits per heavy atom. The smallest absolute Gasteiger partial charge is 0.306 e. The van der Waals surface area contributed by atoms with Crippen molar-refractivity contribution in [2.75, 3.05) is 6.61 Å². The third kappa shape index (κ3) is 12.2. The van der Waals surface area contributed by atoms with Gasteiger partial charge in [-0.2, -0.15) is 0 Å². The second kappa shape index (κ2) is 15.2. The molecule has 0 saturated carbocycles. The van der Waals surface area contributed by atoms with Crippen LogP contribution in [0.5, 0.6) is 0 Å². The molecule has 0 bridgehead atoms. The van der Waals surface area contributed by atoms with Crippen LogP contribution in [-0.2, 0) is 16.0 Å². The number of carbonyl (C=O) groups excluding carboxylic acids is 1. The lowest BCUT2D eigenvalue weighted by atomic mass is 10.1. The summed E-state index contributed by atoms with van der Waals surface area (Å²) in [5, 5.41) is 0. The Hall–Kier alpha value is -1.31. The van der Waals surface area contributed by atoms with E-state index in [-0.39, 0.29) is 5.97 Å². The largest absolute Gasteiger partial charge is 0.466 e. The normalized spacial score (nSPS) is 10.7. The van der Waals surface area contributed by atoms with Crippen molar-refractivity contribution in [3.05, 3.63) is 35.9 Å². The van der Waals surface area contributed by atoms with Gasteiger partial charge in [0, 0.05) is 6.42 Å². The van der Waals surface area contributed by atoms with E-state index < -0.39 is 0 Å². The van der Waals surface area contributed by atoms with Crippen LogP contribution in [0.1, 0.15) is 89.5 Å². The summed E-state index contributed by atoms with van der Waals surface area (Å²) in [7, 11) is 0. The van der Waals surface area contributed by atoms with Crippen LogP contribution in [0.3, 0.4) is 0 Å². The van der Waals surface area contributed by atoms with Crippen LogP contribution in [0.15, 0.2) is 30.3 Å². The summed E-state index contributed by atoms with van der Waals surface area (Å²) in [5.74, 6) is -0.0640. The summed E-state index contributed by atoms with van der Waals surface area (Å²) in [5.41, 5.74) is 1.20. The van der Waals surface area contributed by atoms with Crippen molar-refractivity contribution in [1.29, 1.82) is 0 Å². The number of carbonyl (C=O) groups is 1. The molecule has 2 nitrogen and oxygen atoms in total. The first-order valence-electron chi connectivity index (χ1n) is 10.0. The predicted octanol–water partition coefficient (Wildman–Crippen LogP) is 6.47. The molecule has 24 heavy (non-hydrogen) atoms. The summed E-state index contributed by atoms with van der Waals surface area (Å²) in [6, 6.07) is 10.1. The van der Waals surface area contributed by atoms with Crippen LogP contribution >= 0.6 is 0 Å². The second-order valence-electron chi connectivity index (χ2n) is 6.74. The number of ether oxygens (including phenoxy) is 1. The zero-order chi connectivity index (χ0) is 17.3. The minimum absolute atomic E-state index is 0.0640. The van der Waals surface area contributed by atoms with Gasteiger partial charge >= 0.3 is 5.97 Å². The summed E-state index contributed by atoms with van der Waals surface area (Å²) >= 11 is 0. The number of benzene rings is 1. The lowest BCUT2D eigenvalue weighted by molar-refractivity contribution is -0.143. The van der Waals surface area contributed by atoms with Crippen molar-refractivity contribution >= 4 is 5.97 Å². The highest BCUT2D eigenvalue weighted by Gasteiger charge is 2.03. The zero-order valence-corrected chi connectivity index (χ0v) is 15.6. The molecule has 1 rings (SSSR count). The molecule has 0 heterocycles. The number of unbranched alkanes of at least 4 members (excludes halogenated alkanes) is 10. The minimum Gasteiger partial charge on any atom is -0.466 e. The molecule has 2 heteroatoms. The molecule has 0 aliphatic carbocycles. The van der Waals surface area contributed by atoms with E-state index in [2.05, 4.69) is 19.1 Å². The number of rotatable bonds is 15.